The number of aryl methyl sites for hydroxylation is 1. The molecule has 2 aromatic rings. The van der Waals surface area contributed by atoms with Gasteiger partial charge in [0.05, 0.1) is 30.9 Å². The Kier molecular flexibility index (Phi) is 12.0. The van der Waals surface area contributed by atoms with Crippen LogP contribution in [0.1, 0.15) is 23.4 Å². The van der Waals surface area contributed by atoms with E-state index < -0.39 is 24.3 Å². The van der Waals surface area contributed by atoms with Crippen LogP contribution in [-0.2, 0) is 40.6 Å². The maximum atomic E-state index is 10.6. The number of carboxylic acid groups (broad SMARTS) is 2. The summed E-state index contributed by atoms with van der Waals surface area (Å²) >= 11 is 0. The second-order valence-corrected chi connectivity index (χ2v) is 7.17. The van der Waals surface area contributed by atoms with E-state index in [4.69, 9.17) is 24.5 Å². The zero-order valence-electron chi connectivity index (χ0n) is 18.8. The Bertz CT molecular complexity index is 955. The molecule has 15 heteroatoms. The molecule has 1 aliphatic heterocycles. The minimum absolute atomic E-state index is 0.551. The predicted molar refractivity (Wildman–Crippen MR) is 112 cm³/mol. The molecule has 0 unspecified atom stereocenters. The molecule has 0 saturated carbocycles. The molecule has 1 aliphatic rings. The van der Waals surface area contributed by atoms with Gasteiger partial charge < -0.3 is 19.5 Å². The maximum Gasteiger partial charge on any atom is 0.490 e. The van der Waals surface area contributed by atoms with Crippen molar-refractivity contribution in [2.45, 2.75) is 45.0 Å². The van der Waals surface area contributed by atoms with E-state index in [-0.39, 0.29) is 0 Å². The molecular formula is C21H24F6N4O5. The third-order valence-corrected chi connectivity index (χ3v) is 4.37. The number of pyridine rings is 1. The van der Waals surface area contributed by atoms with Crippen molar-refractivity contribution in [1.29, 1.82) is 0 Å². The maximum absolute atomic E-state index is 10.6. The van der Waals surface area contributed by atoms with Crippen molar-refractivity contribution in [3.63, 3.8) is 0 Å². The number of ether oxygens (including phenoxy) is 1. The summed E-state index contributed by atoms with van der Waals surface area (Å²) in [5.74, 6) is -5.51. The number of nitrogens with zero attached hydrogens (tertiary/aromatic N) is 4. The summed E-state index contributed by atoms with van der Waals surface area (Å²) < 4.78 is 71.3. The standard InChI is InChI=1S/C17H22N4O.2C2HF3O2/c1-2-9-22-13-16-17-12-20(7-4-8-21(17)14-19-16)11-15-5-3-6-18-10-15;2*3-2(4,5)1(6)7/h2-3,5-6,10,14H,1,4,7-9,11-13H2;2*(H,6,7). The monoisotopic (exact) mass is 526 g/mol. The fraction of sp³-hybridized carbons (Fsp3) is 0.429. The number of aliphatic carboxylic acids is 2. The highest BCUT2D eigenvalue weighted by molar-refractivity contribution is 5.73. The van der Waals surface area contributed by atoms with E-state index in [1.165, 1.54) is 11.3 Å². The SMILES string of the molecule is C=CCOCc1ncn2c1CN(Cc1cccnc1)CCC2.O=C(O)C(F)(F)F.O=C(O)C(F)(F)F. The van der Waals surface area contributed by atoms with Gasteiger partial charge in [-0.2, -0.15) is 26.3 Å². The van der Waals surface area contributed by atoms with Crippen LogP contribution in [0.5, 0.6) is 0 Å². The van der Waals surface area contributed by atoms with Crippen molar-refractivity contribution in [1.82, 2.24) is 19.4 Å². The van der Waals surface area contributed by atoms with Crippen LogP contribution in [0.3, 0.4) is 0 Å². The number of imidazole rings is 1. The van der Waals surface area contributed by atoms with Crippen molar-refractivity contribution in [2.75, 3.05) is 13.2 Å². The topological polar surface area (TPSA) is 118 Å². The van der Waals surface area contributed by atoms with Gasteiger partial charge >= 0.3 is 24.3 Å². The molecule has 9 nitrogen and oxygen atoms in total. The van der Waals surface area contributed by atoms with Crippen LogP contribution in [0.2, 0.25) is 0 Å². The van der Waals surface area contributed by atoms with Crippen molar-refractivity contribution in [2.24, 2.45) is 0 Å². The van der Waals surface area contributed by atoms with Gasteiger partial charge in [-0.05, 0) is 18.1 Å². The Morgan fingerprint density at radius 1 is 1.11 bits per heavy atom. The smallest absolute Gasteiger partial charge is 0.475 e. The van der Waals surface area contributed by atoms with Crippen LogP contribution in [0.15, 0.2) is 43.5 Å². The summed E-state index contributed by atoms with van der Waals surface area (Å²) in [6.07, 6.45) is -1.57. The molecule has 2 aromatic heterocycles. The molecule has 0 radical (unpaired) electrons. The Morgan fingerprint density at radius 3 is 2.22 bits per heavy atom. The van der Waals surface area contributed by atoms with E-state index in [0.717, 1.165) is 38.3 Å². The molecule has 200 valence electrons. The quantitative estimate of drug-likeness (QED) is 0.333. The first-order valence-electron chi connectivity index (χ1n) is 10.2. The minimum Gasteiger partial charge on any atom is -0.475 e. The average molecular weight is 526 g/mol. The van der Waals surface area contributed by atoms with Gasteiger partial charge in [0.25, 0.3) is 0 Å². The third kappa shape index (κ3) is 11.3. The minimum atomic E-state index is -5.08. The number of alkyl halides is 6. The van der Waals surface area contributed by atoms with E-state index in [9.17, 15) is 26.3 Å². The van der Waals surface area contributed by atoms with Crippen molar-refractivity contribution in [3.8, 4) is 0 Å². The molecule has 0 fully saturated rings. The fourth-order valence-corrected chi connectivity index (χ4v) is 2.82. The van der Waals surface area contributed by atoms with E-state index in [1.807, 2.05) is 24.8 Å². The number of rotatable bonds is 6. The van der Waals surface area contributed by atoms with Crippen LogP contribution in [0, 0.1) is 0 Å². The molecule has 0 aromatic carbocycles. The molecule has 0 saturated heterocycles. The largest absolute Gasteiger partial charge is 0.490 e. The fourth-order valence-electron chi connectivity index (χ4n) is 2.82. The van der Waals surface area contributed by atoms with Crippen LogP contribution in [-0.4, -0.2) is 67.1 Å². The first-order chi connectivity index (χ1) is 16.8. The van der Waals surface area contributed by atoms with Gasteiger partial charge in [-0.3, -0.25) is 9.88 Å². The van der Waals surface area contributed by atoms with Crippen LogP contribution >= 0.6 is 0 Å². The van der Waals surface area contributed by atoms with E-state index in [0.29, 0.717) is 13.2 Å². The van der Waals surface area contributed by atoms with Gasteiger partial charge in [0.15, 0.2) is 0 Å². The number of hydrogen-bond acceptors (Lipinski definition) is 6. The molecule has 0 atom stereocenters. The second kappa shape index (κ2) is 14.2. The second-order valence-electron chi connectivity index (χ2n) is 7.17. The Labute approximate surface area is 201 Å². The van der Waals surface area contributed by atoms with Gasteiger partial charge in [0.2, 0.25) is 0 Å². The Hall–Kier alpha value is -3.46. The molecule has 3 rings (SSSR count). The highest BCUT2D eigenvalue weighted by atomic mass is 19.4. The normalized spacial score (nSPS) is 13.7. The summed E-state index contributed by atoms with van der Waals surface area (Å²) in [5, 5.41) is 14.2. The number of carboxylic acids is 2. The lowest BCUT2D eigenvalue weighted by Crippen LogP contribution is -2.23. The first kappa shape index (κ1) is 30.6. The number of fused-ring (bicyclic) bond motifs is 1. The van der Waals surface area contributed by atoms with Gasteiger partial charge in [-0.25, -0.2) is 14.6 Å². The van der Waals surface area contributed by atoms with Gasteiger partial charge in [0, 0.05) is 38.6 Å². The molecule has 0 aliphatic carbocycles. The number of carbonyl (C=O) groups is 2. The molecular weight excluding hydrogens is 502 g/mol. The third-order valence-electron chi connectivity index (χ3n) is 4.37. The summed E-state index contributed by atoms with van der Waals surface area (Å²) in [5.41, 5.74) is 3.56. The highest BCUT2D eigenvalue weighted by Crippen LogP contribution is 2.19. The zero-order valence-corrected chi connectivity index (χ0v) is 18.8. The first-order valence-corrected chi connectivity index (χ1v) is 10.2. The Morgan fingerprint density at radius 2 is 1.72 bits per heavy atom. The van der Waals surface area contributed by atoms with Gasteiger partial charge in [0.1, 0.15) is 0 Å². The summed E-state index contributed by atoms with van der Waals surface area (Å²) in [4.78, 5) is 29.0. The predicted octanol–water partition coefficient (Wildman–Crippen LogP) is 3.65. The number of hydrogen-bond donors (Lipinski definition) is 2. The summed E-state index contributed by atoms with van der Waals surface area (Å²) in [6.45, 7) is 8.72. The van der Waals surface area contributed by atoms with Crippen molar-refractivity contribution in [3.05, 3.63) is 60.5 Å². The lowest BCUT2D eigenvalue weighted by molar-refractivity contribution is -0.193. The number of aromatic nitrogens is 3. The van der Waals surface area contributed by atoms with Gasteiger partial charge in [-0.15, -0.1) is 6.58 Å². The summed E-state index contributed by atoms with van der Waals surface area (Å²) in [7, 11) is 0. The van der Waals surface area contributed by atoms with Crippen LogP contribution in [0.25, 0.3) is 0 Å². The summed E-state index contributed by atoms with van der Waals surface area (Å²) in [6, 6.07) is 4.12. The van der Waals surface area contributed by atoms with Gasteiger partial charge in [-0.1, -0.05) is 12.1 Å². The Balaban J connectivity index is 0.000000383. The van der Waals surface area contributed by atoms with Crippen molar-refractivity contribution >= 4 is 11.9 Å². The highest BCUT2D eigenvalue weighted by Gasteiger charge is 2.38. The van der Waals surface area contributed by atoms with Crippen molar-refractivity contribution < 1.29 is 50.9 Å². The lowest BCUT2D eigenvalue weighted by atomic mass is 10.2. The molecule has 3 heterocycles. The molecule has 0 spiro atoms. The molecule has 0 amide bonds. The number of halogens is 6. The van der Waals surface area contributed by atoms with E-state index in [1.54, 1.807) is 6.08 Å². The van der Waals surface area contributed by atoms with Crippen LogP contribution < -0.4 is 0 Å². The zero-order chi connectivity index (χ0) is 27.4. The van der Waals surface area contributed by atoms with Crippen LogP contribution in [0.4, 0.5) is 26.3 Å². The molecule has 36 heavy (non-hydrogen) atoms. The average Bonchev–Trinajstić information content (AvgIpc) is 3.03. The lowest BCUT2D eigenvalue weighted by Gasteiger charge is -2.20. The van der Waals surface area contributed by atoms with E-state index >= 15 is 0 Å². The molecule has 0 bridgehead atoms. The molecule has 2 N–H and O–H groups in total. The van der Waals surface area contributed by atoms with E-state index in [2.05, 4.69) is 32.1 Å².